The molecular formula is C25H27F2N3O3. The predicted molar refractivity (Wildman–Crippen MR) is 120 cm³/mol. The van der Waals surface area contributed by atoms with Crippen molar-refractivity contribution in [1.82, 2.24) is 5.32 Å². The highest BCUT2D eigenvalue weighted by Crippen LogP contribution is 2.13. The molecule has 0 spiro atoms. The number of nitrogens with two attached hydrogens (primary N) is 1. The SMILES string of the molecule is CCc1cccc(CNC[C@@H](OC(=O)c2ccc[n+]([O-])c2)[C@@H](N)Cc2cc(F)cc(F)c2)c1. The second-order valence-corrected chi connectivity index (χ2v) is 7.85. The summed E-state index contributed by atoms with van der Waals surface area (Å²) in [5.41, 5.74) is 9.01. The number of halogens is 2. The molecule has 0 fully saturated rings. The molecule has 3 rings (SSSR count). The van der Waals surface area contributed by atoms with E-state index < -0.39 is 29.7 Å². The van der Waals surface area contributed by atoms with Gasteiger partial charge < -0.3 is 21.0 Å². The van der Waals surface area contributed by atoms with E-state index in [1.54, 1.807) is 0 Å². The van der Waals surface area contributed by atoms with E-state index in [0.717, 1.165) is 24.2 Å². The monoisotopic (exact) mass is 455 g/mol. The average Bonchev–Trinajstić information content (AvgIpc) is 2.77. The van der Waals surface area contributed by atoms with Gasteiger partial charge >= 0.3 is 5.97 Å². The number of hydrogen-bond donors (Lipinski definition) is 2. The van der Waals surface area contributed by atoms with E-state index in [-0.39, 0.29) is 18.5 Å². The van der Waals surface area contributed by atoms with Crippen LogP contribution in [0.4, 0.5) is 8.78 Å². The molecule has 2 atom stereocenters. The summed E-state index contributed by atoms with van der Waals surface area (Å²) in [6.07, 6.45) is 2.56. The summed E-state index contributed by atoms with van der Waals surface area (Å²) < 4.78 is 33.3. The van der Waals surface area contributed by atoms with Gasteiger partial charge in [-0.1, -0.05) is 31.2 Å². The first kappa shape index (κ1) is 24.3. The lowest BCUT2D eigenvalue weighted by Gasteiger charge is -2.25. The Hall–Kier alpha value is -3.36. The molecule has 0 aliphatic rings. The first-order valence-electron chi connectivity index (χ1n) is 10.7. The normalized spacial score (nSPS) is 12.8. The molecule has 3 N–H and O–H groups in total. The second-order valence-electron chi connectivity index (χ2n) is 7.85. The summed E-state index contributed by atoms with van der Waals surface area (Å²) in [7, 11) is 0. The van der Waals surface area contributed by atoms with Crippen molar-refractivity contribution >= 4 is 5.97 Å². The second kappa shape index (κ2) is 11.5. The maximum absolute atomic E-state index is 13.6. The molecule has 6 nitrogen and oxygen atoms in total. The van der Waals surface area contributed by atoms with Crippen LogP contribution in [0.1, 0.15) is 34.0 Å². The van der Waals surface area contributed by atoms with E-state index in [2.05, 4.69) is 18.3 Å². The Labute approximate surface area is 191 Å². The minimum atomic E-state index is -0.807. The van der Waals surface area contributed by atoms with Crippen LogP contribution < -0.4 is 15.8 Å². The number of aryl methyl sites for hydroxylation is 1. The summed E-state index contributed by atoms with van der Waals surface area (Å²) in [4.78, 5) is 12.6. The fourth-order valence-corrected chi connectivity index (χ4v) is 3.51. The number of esters is 1. The van der Waals surface area contributed by atoms with E-state index in [4.69, 9.17) is 10.5 Å². The quantitative estimate of drug-likeness (QED) is 0.279. The molecule has 33 heavy (non-hydrogen) atoms. The van der Waals surface area contributed by atoms with Gasteiger partial charge in [0.05, 0.1) is 0 Å². The van der Waals surface area contributed by atoms with Crippen LogP contribution in [0.2, 0.25) is 0 Å². The van der Waals surface area contributed by atoms with Crippen molar-refractivity contribution < 1.29 is 23.0 Å². The van der Waals surface area contributed by atoms with Crippen molar-refractivity contribution in [2.45, 2.75) is 38.5 Å². The Morgan fingerprint density at radius 3 is 2.52 bits per heavy atom. The lowest BCUT2D eigenvalue weighted by molar-refractivity contribution is -0.605. The van der Waals surface area contributed by atoms with Crippen LogP contribution in [-0.2, 0) is 24.1 Å². The molecule has 1 aromatic heterocycles. The van der Waals surface area contributed by atoms with Crippen LogP contribution >= 0.6 is 0 Å². The summed E-state index contributed by atoms with van der Waals surface area (Å²) in [6.45, 7) is 2.81. The van der Waals surface area contributed by atoms with Gasteiger partial charge in [-0.3, -0.25) is 0 Å². The lowest BCUT2D eigenvalue weighted by Crippen LogP contribution is -2.46. The maximum Gasteiger partial charge on any atom is 0.344 e. The van der Waals surface area contributed by atoms with Crippen molar-refractivity contribution in [2.24, 2.45) is 5.73 Å². The number of aromatic nitrogens is 1. The van der Waals surface area contributed by atoms with Crippen LogP contribution in [0.3, 0.4) is 0 Å². The zero-order valence-electron chi connectivity index (χ0n) is 18.3. The number of pyridine rings is 1. The van der Waals surface area contributed by atoms with Gasteiger partial charge in [-0.25, -0.2) is 13.6 Å². The number of nitrogens with zero attached hydrogens (tertiary/aromatic N) is 1. The molecule has 8 heteroatoms. The van der Waals surface area contributed by atoms with Crippen LogP contribution in [-0.4, -0.2) is 24.7 Å². The number of rotatable bonds is 10. The Kier molecular flexibility index (Phi) is 8.46. The first-order chi connectivity index (χ1) is 15.8. The number of carbonyl (C=O) groups excluding carboxylic acids is 1. The van der Waals surface area contributed by atoms with Crippen LogP contribution in [0, 0.1) is 16.8 Å². The highest BCUT2D eigenvalue weighted by atomic mass is 19.1. The van der Waals surface area contributed by atoms with Crippen LogP contribution in [0.15, 0.2) is 67.0 Å². The van der Waals surface area contributed by atoms with Crippen molar-refractivity contribution in [2.75, 3.05) is 6.54 Å². The fourth-order valence-electron chi connectivity index (χ4n) is 3.51. The van der Waals surface area contributed by atoms with Gasteiger partial charge in [-0.05, 0) is 47.7 Å². The minimum Gasteiger partial charge on any atom is -0.619 e. The largest absolute Gasteiger partial charge is 0.619 e. The third kappa shape index (κ3) is 7.34. The molecule has 0 saturated heterocycles. The number of carbonyl (C=O) groups is 1. The molecule has 0 unspecified atom stereocenters. The van der Waals surface area contributed by atoms with Crippen LogP contribution in [0.5, 0.6) is 0 Å². The maximum atomic E-state index is 13.6. The molecule has 1 heterocycles. The third-order valence-corrected chi connectivity index (χ3v) is 5.21. The molecule has 174 valence electrons. The molecule has 0 radical (unpaired) electrons. The summed E-state index contributed by atoms with van der Waals surface area (Å²) in [5, 5.41) is 14.7. The zero-order valence-corrected chi connectivity index (χ0v) is 18.3. The molecule has 0 saturated carbocycles. The summed E-state index contributed by atoms with van der Waals surface area (Å²) in [6, 6.07) is 13.4. The molecular weight excluding hydrogens is 428 g/mol. The molecule has 0 amide bonds. The highest BCUT2D eigenvalue weighted by Gasteiger charge is 2.24. The minimum absolute atomic E-state index is 0.0807. The van der Waals surface area contributed by atoms with Gasteiger partial charge in [0.15, 0.2) is 12.4 Å². The van der Waals surface area contributed by atoms with Gasteiger partial charge in [-0.2, -0.15) is 4.73 Å². The zero-order chi connectivity index (χ0) is 23.8. The van der Waals surface area contributed by atoms with Crippen molar-refractivity contribution in [3.63, 3.8) is 0 Å². The van der Waals surface area contributed by atoms with Gasteiger partial charge in [-0.15, -0.1) is 0 Å². The lowest BCUT2D eigenvalue weighted by atomic mass is 10.0. The Balaban J connectivity index is 1.71. The molecule has 0 aliphatic carbocycles. The summed E-state index contributed by atoms with van der Waals surface area (Å²) >= 11 is 0. The first-order valence-corrected chi connectivity index (χ1v) is 10.7. The molecule has 2 aromatic carbocycles. The highest BCUT2D eigenvalue weighted by molar-refractivity contribution is 5.88. The van der Waals surface area contributed by atoms with Gasteiger partial charge in [0, 0.05) is 31.3 Å². The van der Waals surface area contributed by atoms with E-state index >= 15 is 0 Å². The van der Waals surface area contributed by atoms with Gasteiger partial charge in [0.2, 0.25) is 0 Å². The smallest absolute Gasteiger partial charge is 0.344 e. The molecule has 3 aromatic rings. The number of nitrogens with one attached hydrogen (secondary N) is 1. The fraction of sp³-hybridized carbons (Fsp3) is 0.280. The van der Waals surface area contributed by atoms with Gasteiger partial charge in [0.25, 0.3) is 0 Å². The van der Waals surface area contributed by atoms with Crippen molar-refractivity contribution in [3.05, 3.63) is 106 Å². The van der Waals surface area contributed by atoms with Crippen LogP contribution in [0.25, 0.3) is 0 Å². The molecule has 0 aliphatic heterocycles. The van der Waals surface area contributed by atoms with E-state index in [1.165, 1.54) is 36.0 Å². The average molecular weight is 456 g/mol. The Bertz CT molecular complexity index is 1070. The van der Waals surface area contributed by atoms with E-state index in [1.807, 2.05) is 18.2 Å². The van der Waals surface area contributed by atoms with E-state index in [0.29, 0.717) is 16.8 Å². The van der Waals surface area contributed by atoms with Crippen molar-refractivity contribution in [1.29, 1.82) is 0 Å². The predicted octanol–water partition coefficient (Wildman–Crippen LogP) is 3.05. The number of hydrogen-bond acceptors (Lipinski definition) is 5. The third-order valence-electron chi connectivity index (χ3n) is 5.21. The number of benzene rings is 2. The van der Waals surface area contributed by atoms with Gasteiger partial charge in [0.1, 0.15) is 23.3 Å². The Morgan fingerprint density at radius 1 is 1.09 bits per heavy atom. The molecule has 0 bridgehead atoms. The van der Waals surface area contributed by atoms with Crippen molar-refractivity contribution in [3.8, 4) is 0 Å². The van der Waals surface area contributed by atoms with E-state index in [9.17, 15) is 18.8 Å². The standard InChI is InChI=1S/C25H27F2N3O3/c1-2-17-5-3-6-18(9-17)14-29-15-24(33-25(31)20-7-4-8-30(32)16-20)23(28)12-19-10-21(26)13-22(27)11-19/h3-11,13,16,23-24,29H,2,12,14-15,28H2,1H3/t23-,24+/m0/s1. The summed E-state index contributed by atoms with van der Waals surface area (Å²) in [5.74, 6) is -2.12. The Morgan fingerprint density at radius 2 is 1.82 bits per heavy atom. The number of ether oxygens (including phenoxy) is 1. The topological polar surface area (TPSA) is 91.3 Å².